The topological polar surface area (TPSA) is 60.0 Å². The molecule has 1 aromatic carbocycles. The maximum Gasteiger partial charge on any atom is 0.230 e. The van der Waals surface area contributed by atoms with Crippen molar-refractivity contribution in [1.82, 2.24) is 24.6 Å². The van der Waals surface area contributed by atoms with Crippen LogP contribution in [0.1, 0.15) is 44.4 Å². The smallest absolute Gasteiger partial charge is 0.230 e. The maximum atomic E-state index is 5.78. The minimum atomic E-state index is 0.276. The third-order valence-electron chi connectivity index (χ3n) is 4.75. The van der Waals surface area contributed by atoms with E-state index in [2.05, 4.69) is 56.7 Å². The highest BCUT2D eigenvalue weighted by atomic mass is 16.4. The Balaban J connectivity index is 1.48. The average Bonchev–Trinajstić information content (AvgIpc) is 3.30. The molecule has 3 heterocycles. The molecule has 1 saturated heterocycles. The highest BCUT2D eigenvalue weighted by molar-refractivity contribution is 5.74. The van der Waals surface area contributed by atoms with E-state index in [4.69, 9.17) is 4.42 Å². The maximum absolute atomic E-state index is 5.78. The van der Waals surface area contributed by atoms with Crippen molar-refractivity contribution in [3.8, 4) is 0 Å². The number of hydrogen-bond acceptors (Lipinski definition) is 5. The van der Waals surface area contributed by atoms with Crippen molar-refractivity contribution in [2.45, 2.75) is 51.7 Å². The molecule has 0 radical (unpaired) electrons. The van der Waals surface area contributed by atoms with Crippen molar-refractivity contribution in [2.75, 3.05) is 6.54 Å². The lowest BCUT2D eigenvalue weighted by molar-refractivity contribution is 0.203. The lowest BCUT2D eigenvalue weighted by Gasteiger charge is -2.23. The fourth-order valence-corrected chi connectivity index (χ4v) is 3.43. The van der Waals surface area contributed by atoms with Crippen LogP contribution in [0.25, 0.3) is 11.0 Å². The first-order valence-corrected chi connectivity index (χ1v) is 8.67. The third-order valence-corrected chi connectivity index (χ3v) is 4.75. The van der Waals surface area contributed by atoms with E-state index in [0.717, 1.165) is 36.9 Å². The summed E-state index contributed by atoms with van der Waals surface area (Å²) in [6.45, 7) is 6.90. The van der Waals surface area contributed by atoms with Crippen LogP contribution in [0.15, 0.2) is 35.0 Å². The summed E-state index contributed by atoms with van der Waals surface area (Å²) >= 11 is 0. The van der Waals surface area contributed by atoms with Crippen LogP contribution in [0, 0.1) is 0 Å². The molecular formula is C18H23N5O. The molecule has 0 spiro atoms. The van der Waals surface area contributed by atoms with Crippen LogP contribution in [0.4, 0.5) is 0 Å². The molecule has 0 amide bonds. The Bertz CT molecular complexity index is 822. The van der Waals surface area contributed by atoms with Crippen LogP contribution in [-0.2, 0) is 13.1 Å². The van der Waals surface area contributed by atoms with E-state index in [0.29, 0.717) is 6.04 Å². The summed E-state index contributed by atoms with van der Waals surface area (Å²) in [5.74, 6) is 1.72. The highest BCUT2D eigenvalue weighted by Gasteiger charge is 2.27. The van der Waals surface area contributed by atoms with Gasteiger partial charge in [-0.15, -0.1) is 10.2 Å². The summed E-state index contributed by atoms with van der Waals surface area (Å²) in [6.07, 6.45) is 4.35. The Morgan fingerprint density at radius 3 is 2.96 bits per heavy atom. The van der Waals surface area contributed by atoms with Crippen LogP contribution in [0.2, 0.25) is 0 Å². The largest absolute Gasteiger partial charge is 0.424 e. The van der Waals surface area contributed by atoms with Gasteiger partial charge in [0.2, 0.25) is 11.8 Å². The predicted molar refractivity (Wildman–Crippen MR) is 91.6 cm³/mol. The van der Waals surface area contributed by atoms with Gasteiger partial charge >= 0.3 is 0 Å². The molecule has 6 heteroatoms. The molecule has 6 nitrogen and oxygen atoms in total. The minimum Gasteiger partial charge on any atom is -0.424 e. The Labute approximate surface area is 141 Å². The zero-order chi connectivity index (χ0) is 16.5. The number of imidazole rings is 1. The third kappa shape index (κ3) is 2.94. The molecular weight excluding hydrogens is 302 g/mol. The summed E-state index contributed by atoms with van der Waals surface area (Å²) in [5.41, 5.74) is 2.25. The lowest BCUT2D eigenvalue weighted by Crippen LogP contribution is -2.32. The van der Waals surface area contributed by atoms with Gasteiger partial charge in [-0.3, -0.25) is 4.90 Å². The van der Waals surface area contributed by atoms with Crippen LogP contribution in [-0.4, -0.2) is 37.2 Å². The second-order valence-corrected chi connectivity index (χ2v) is 6.84. The number of aromatic nitrogens is 4. The summed E-state index contributed by atoms with van der Waals surface area (Å²) < 4.78 is 8.03. The summed E-state index contributed by atoms with van der Waals surface area (Å²) in [6, 6.07) is 8.78. The molecule has 24 heavy (non-hydrogen) atoms. The van der Waals surface area contributed by atoms with Gasteiger partial charge in [0.15, 0.2) is 0 Å². The average molecular weight is 325 g/mol. The van der Waals surface area contributed by atoms with Gasteiger partial charge in [0, 0.05) is 18.5 Å². The second kappa shape index (κ2) is 6.36. The number of fused-ring (bicyclic) bond motifs is 1. The normalized spacial score (nSPS) is 18.9. The van der Waals surface area contributed by atoms with Gasteiger partial charge in [-0.1, -0.05) is 26.0 Å². The molecule has 3 aromatic rings. The molecule has 0 bridgehead atoms. The van der Waals surface area contributed by atoms with Gasteiger partial charge in [0.25, 0.3) is 0 Å². The Morgan fingerprint density at radius 1 is 1.25 bits per heavy atom. The van der Waals surface area contributed by atoms with E-state index in [-0.39, 0.29) is 5.92 Å². The molecule has 126 valence electrons. The van der Waals surface area contributed by atoms with Crippen molar-refractivity contribution in [3.05, 3.63) is 42.4 Å². The van der Waals surface area contributed by atoms with Crippen LogP contribution in [0.3, 0.4) is 0 Å². The number of likely N-dealkylation sites (tertiary alicyclic amines) is 1. The van der Waals surface area contributed by atoms with Gasteiger partial charge in [-0.25, -0.2) is 4.98 Å². The number of benzene rings is 1. The second-order valence-electron chi connectivity index (χ2n) is 6.84. The lowest BCUT2D eigenvalue weighted by atomic mass is 10.2. The molecule has 0 saturated carbocycles. The number of para-hydroxylation sites is 2. The number of hydrogen-bond donors (Lipinski definition) is 0. The summed E-state index contributed by atoms with van der Waals surface area (Å²) in [5, 5.41) is 8.35. The van der Waals surface area contributed by atoms with E-state index in [1.807, 2.05) is 12.4 Å². The van der Waals surface area contributed by atoms with Gasteiger partial charge in [-0.05, 0) is 31.5 Å². The van der Waals surface area contributed by atoms with E-state index in [1.165, 1.54) is 18.4 Å². The summed E-state index contributed by atoms with van der Waals surface area (Å²) in [4.78, 5) is 6.95. The van der Waals surface area contributed by atoms with Gasteiger partial charge in [-0.2, -0.15) is 0 Å². The SMILES string of the molecule is CC(C)c1nnc(CN2CCCC2Cn2cnc3ccccc32)o1. The monoisotopic (exact) mass is 325 g/mol. The molecule has 1 fully saturated rings. The van der Waals surface area contributed by atoms with E-state index in [9.17, 15) is 0 Å². The predicted octanol–water partition coefficient (Wildman–Crippen LogP) is 3.21. The van der Waals surface area contributed by atoms with E-state index >= 15 is 0 Å². The molecule has 0 N–H and O–H groups in total. The fraction of sp³-hybridized carbons (Fsp3) is 0.500. The molecule has 1 aliphatic rings. The van der Waals surface area contributed by atoms with Crippen molar-refractivity contribution in [2.24, 2.45) is 0 Å². The Morgan fingerprint density at radius 2 is 2.12 bits per heavy atom. The Kier molecular flexibility index (Phi) is 4.06. The molecule has 1 aliphatic heterocycles. The first-order chi connectivity index (χ1) is 11.7. The van der Waals surface area contributed by atoms with Crippen molar-refractivity contribution >= 4 is 11.0 Å². The zero-order valence-corrected chi connectivity index (χ0v) is 14.2. The molecule has 1 atom stereocenters. The van der Waals surface area contributed by atoms with E-state index in [1.54, 1.807) is 0 Å². The molecule has 4 rings (SSSR count). The van der Waals surface area contributed by atoms with Crippen LogP contribution in [0.5, 0.6) is 0 Å². The fourth-order valence-electron chi connectivity index (χ4n) is 3.43. The standard InChI is InChI=1S/C18H23N5O/c1-13(2)18-21-20-17(24-18)11-22-9-5-6-14(22)10-23-12-19-15-7-3-4-8-16(15)23/h3-4,7-8,12-14H,5-6,9-11H2,1-2H3. The molecule has 1 unspecified atom stereocenters. The quantitative estimate of drug-likeness (QED) is 0.721. The zero-order valence-electron chi connectivity index (χ0n) is 14.2. The Hall–Kier alpha value is -2.21. The van der Waals surface area contributed by atoms with Gasteiger partial charge in [0.1, 0.15) is 0 Å². The van der Waals surface area contributed by atoms with Crippen LogP contribution >= 0.6 is 0 Å². The van der Waals surface area contributed by atoms with E-state index < -0.39 is 0 Å². The highest BCUT2D eigenvalue weighted by Crippen LogP contribution is 2.23. The first-order valence-electron chi connectivity index (χ1n) is 8.67. The van der Waals surface area contributed by atoms with Crippen molar-refractivity contribution in [1.29, 1.82) is 0 Å². The van der Waals surface area contributed by atoms with Crippen LogP contribution < -0.4 is 0 Å². The number of rotatable bonds is 5. The van der Waals surface area contributed by atoms with Crippen molar-refractivity contribution in [3.63, 3.8) is 0 Å². The number of nitrogens with zero attached hydrogens (tertiary/aromatic N) is 5. The summed E-state index contributed by atoms with van der Waals surface area (Å²) in [7, 11) is 0. The first kappa shape index (κ1) is 15.3. The van der Waals surface area contributed by atoms with Crippen molar-refractivity contribution < 1.29 is 4.42 Å². The minimum absolute atomic E-state index is 0.276. The molecule has 2 aromatic heterocycles. The van der Waals surface area contributed by atoms with Gasteiger partial charge < -0.3 is 8.98 Å². The molecule has 0 aliphatic carbocycles. The van der Waals surface area contributed by atoms with Gasteiger partial charge in [0.05, 0.1) is 23.9 Å².